The second-order valence-corrected chi connectivity index (χ2v) is 6.78. The number of nitrogens with zero attached hydrogens (tertiary/aromatic N) is 2. The van der Waals surface area contributed by atoms with Crippen molar-refractivity contribution in [1.82, 2.24) is 15.2 Å². The number of aromatic nitrogens is 1. The molecule has 8 nitrogen and oxygen atoms in total. The molecule has 2 amide bonds. The summed E-state index contributed by atoms with van der Waals surface area (Å²) in [6.07, 6.45) is -9.05. The lowest BCUT2D eigenvalue weighted by atomic mass is 10.2. The summed E-state index contributed by atoms with van der Waals surface area (Å²) in [6.45, 7) is -0.863. The first-order valence-corrected chi connectivity index (χ1v) is 8.97. The Morgan fingerprint density at radius 3 is 2.58 bits per heavy atom. The first-order chi connectivity index (χ1) is 14.5. The molecule has 0 radical (unpaired) electrons. The van der Waals surface area contributed by atoms with Crippen LogP contribution in [0.5, 0.6) is 11.6 Å². The molecule has 12 heteroatoms. The second-order valence-electron chi connectivity index (χ2n) is 6.78. The molecule has 0 saturated carbocycles. The van der Waals surface area contributed by atoms with E-state index >= 15 is 0 Å². The van der Waals surface area contributed by atoms with Gasteiger partial charge in [0.1, 0.15) is 23.7 Å². The summed E-state index contributed by atoms with van der Waals surface area (Å²) in [5.41, 5.74) is -1.23. The molecule has 0 aliphatic carbocycles. The van der Waals surface area contributed by atoms with Crippen LogP contribution >= 0.6 is 0 Å². The Kier molecular flexibility index (Phi) is 6.29. The van der Waals surface area contributed by atoms with Crippen molar-refractivity contribution in [3.63, 3.8) is 0 Å². The van der Waals surface area contributed by atoms with Gasteiger partial charge in [-0.2, -0.15) is 13.2 Å². The van der Waals surface area contributed by atoms with E-state index in [-0.39, 0.29) is 30.0 Å². The zero-order valence-corrected chi connectivity index (χ0v) is 15.8. The van der Waals surface area contributed by atoms with Crippen LogP contribution in [0.1, 0.15) is 21.6 Å². The number of hydrogen-bond donors (Lipinski definition) is 3. The van der Waals surface area contributed by atoms with Gasteiger partial charge in [-0.1, -0.05) is 6.07 Å². The lowest BCUT2D eigenvalue weighted by Gasteiger charge is -2.16. The first-order valence-electron chi connectivity index (χ1n) is 8.97. The maximum Gasteiger partial charge on any atom is 0.433 e. The van der Waals surface area contributed by atoms with Crippen molar-refractivity contribution in [3.05, 3.63) is 53.2 Å². The minimum absolute atomic E-state index is 0.00800. The number of carboxylic acid groups (broad SMARTS) is 1. The van der Waals surface area contributed by atoms with Crippen molar-refractivity contribution in [2.45, 2.75) is 25.0 Å². The molecule has 0 bridgehead atoms. The van der Waals surface area contributed by atoms with Crippen LogP contribution in [0, 0.1) is 0 Å². The van der Waals surface area contributed by atoms with Gasteiger partial charge >= 0.3 is 12.3 Å². The average Bonchev–Trinajstić information content (AvgIpc) is 3.03. The predicted octanol–water partition coefficient (Wildman–Crippen LogP) is 2.82. The van der Waals surface area contributed by atoms with Crippen LogP contribution in [-0.4, -0.2) is 57.5 Å². The molecule has 1 fully saturated rings. The van der Waals surface area contributed by atoms with E-state index in [1.54, 1.807) is 0 Å². The highest BCUT2D eigenvalue weighted by atomic mass is 19.4. The number of aliphatic hydroxyl groups excluding tert-OH is 1. The Bertz CT molecular complexity index is 975. The van der Waals surface area contributed by atoms with Gasteiger partial charge in [0.15, 0.2) is 0 Å². The molecule has 1 aromatic carbocycles. The fourth-order valence-electron chi connectivity index (χ4n) is 2.95. The number of amides is 2. The summed E-state index contributed by atoms with van der Waals surface area (Å²) in [6, 6.07) is 7.28. The number of halogens is 4. The normalized spacial score (nSPS) is 18.7. The highest BCUT2D eigenvalue weighted by Crippen LogP contribution is 2.31. The molecule has 3 N–H and O–H groups in total. The highest BCUT2D eigenvalue weighted by molar-refractivity contribution is 5.94. The molecule has 166 valence electrons. The number of aliphatic hydroxyl groups is 1. The Labute approximate surface area is 173 Å². The molecule has 1 aliphatic heterocycles. The third kappa shape index (κ3) is 5.60. The minimum Gasteiger partial charge on any atom is -0.465 e. The standard InChI is InChI=1S/C19H17F4N3O5/c20-13-8-26(9-14(13)27)17(28)11-2-1-3-12(6-11)31-16-5-10(7-24-18(29)30)4-15(25-16)19(21,22)23/h1-6,13-14,24,27H,7-9H2,(H,29,30)/t13-,14-/m1/s1. The number of benzene rings is 1. The van der Waals surface area contributed by atoms with Crippen molar-refractivity contribution >= 4 is 12.0 Å². The van der Waals surface area contributed by atoms with E-state index in [0.29, 0.717) is 6.07 Å². The number of alkyl halides is 4. The highest BCUT2D eigenvalue weighted by Gasteiger charge is 2.35. The Hall–Kier alpha value is -3.41. The van der Waals surface area contributed by atoms with Gasteiger partial charge in [-0.25, -0.2) is 14.2 Å². The van der Waals surface area contributed by atoms with Gasteiger partial charge in [-0.05, 0) is 29.8 Å². The molecule has 2 heterocycles. The quantitative estimate of drug-likeness (QED) is 0.613. The predicted molar refractivity (Wildman–Crippen MR) is 97.4 cm³/mol. The monoisotopic (exact) mass is 443 g/mol. The number of nitrogens with one attached hydrogen (secondary N) is 1. The largest absolute Gasteiger partial charge is 0.465 e. The lowest BCUT2D eigenvalue weighted by molar-refractivity contribution is -0.141. The number of carbonyl (C=O) groups excluding carboxylic acids is 1. The molecule has 1 saturated heterocycles. The van der Waals surface area contributed by atoms with Crippen LogP contribution in [0.2, 0.25) is 0 Å². The molecule has 1 aliphatic rings. The zero-order chi connectivity index (χ0) is 22.8. The molecular weight excluding hydrogens is 426 g/mol. The number of carbonyl (C=O) groups is 2. The summed E-state index contributed by atoms with van der Waals surface area (Å²) in [5.74, 6) is -1.04. The maximum atomic E-state index is 13.5. The Morgan fingerprint density at radius 2 is 1.97 bits per heavy atom. The van der Waals surface area contributed by atoms with E-state index < -0.39 is 48.6 Å². The van der Waals surface area contributed by atoms with Gasteiger partial charge in [0.05, 0.1) is 6.54 Å². The SMILES string of the molecule is O=C(O)NCc1cc(Oc2cccc(C(=O)N3C[C@@H](O)[C@H](F)C3)c2)nc(C(F)(F)F)c1. The first kappa shape index (κ1) is 22.3. The summed E-state index contributed by atoms with van der Waals surface area (Å²) in [4.78, 5) is 27.6. The van der Waals surface area contributed by atoms with E-state index in [4.69, 9.17) is 9.84 Å². The van der Waals surface area contributed by atoms with E-state index in [1.165, 1.54) is 24.3 Å². The van der Waals surface area contributed by atoms with E-state index in [1.807, 2.05) is 5.32 Å². The third-order valence-electron chi connectivity index (χ3n) is 4.41. The molecule has 31 heavy (non-hydrogen) atoms. The summed E-state index contributed by atoms with van der Waals surface area (Å²) in [7, 11) is 0. The van der Waals surface area contributed by atoms with Crippen molar-refractivity contribution in [1.29, 1.82) is 0 Å². The van der Waals surface area contributed by atoms with Crippen LogP contribution in [0.15, 0.2) is 36.4 Å². The number of pyridine rings is 1. The average molecular weight is 443 g/mol. The van der Waals surface area contributed by atoms with Crippen molar-refractivity contribution in [2.75, 3.05) is 13.1 Å². The van der Waals surface area contributed by atoms with Crippen LogP contribution < -0.4 is 10.1 Å². The van der Waals surface area contributed by atoms with Gasteiger partial charge < -0.3 is 25.2 Å². The number of β-amino-alcohol motifs (C(OH)–C–C–N with tert-alkyl or cyclic N) is 1. The second kappa shape index (κ2) is 8.76. The number of likely N-dealkylation sites (tertiary alicyclic amines) is 1. The lowest BCUT2D eigenvalue weighted by Crippen LogP contribution is -2.29. The van der Waals surface area contributed by atoms with Gasteiger partial charge in [0.25, 0.3) is 5.91 Å². The minimum atomic E-state index is -4.80. The summed E-state index contributed by atoms with van der Waals surface area (Å²) >= 11 is 0. The molecule has 3 rings (SSSR count). The van der Waals surface area contributed by atoms with E-state index in [0.717, 1.165) is 11.0 Å². The maximum absolute atomic E-state index is 13.5. The van der Waals surface area contributed by atoms with Gasteiger partial charge in [0, 0.05) is 24.7 Å². The Morgan fingerprint density at radius 1 is 1.23 bits per heavy atom. The van der Waals surface area contributed by atoms with Crippen LogP contribution in [0.4, 0.5) is 22.4 Å². The fraction of sp³-hybridized carbons (Fsp3) is 0.316. The van der Waals surface area contributed by atoms with Gasteiger partial charge in [0.2, 0.25) is 5.88 Å². The third-order valence-corrected chi connectivity index (χ3v) is 4.41. The molecule has 2 aromatic rings. The van der Waals surface area contributed by atoms with Crippen LogP contribution in [-0.2, 0) is 12.7 Å². The molecule has 1 aromatic heterocycles. The van der Waals surface area contributed by atoms with Crippen LogP contribution in [0.3, 0.4) is 0 Å². The summed E-state index contributed by atoms with van der Waals surface area (Å²) < 4.78 is 58.3. The fourth-order valence-corrected chi connectivity index (χ4v) is 2.95. The summed E-state index contributed by atoms with van der Waals surface area (Å²) in [5, 5.41) is 20.1. The Balaban J connectivity index is 1.83. The van der Waals surface area contributed by atoms with Crippen LogP contribution in [0.25, 0.3) is 0 Å². The topological polar surface area (TPSA) is 112 Å². The van der Waals surface area contributed by atoms with E-state index in [2.05, 4.69) is 4.98 Å². The van der Waals surface area contributed by atoms with E-state index in [9.17, 15) is 32.3 Å². The molecule has 0 unspecified atom stereocenters. The number of ether oxygens (including phenoxy) is 1. The molecule has 2 atom stereocenters. The zero-order valence-electron chi connectivity index (χ0n) is 15.8. The van der Waals surface area contributed by atoms with Crippen molar-refractivity contribution in [2.24, 2.45) is 0 Å². The number of hydrogen-bond acceptors (Lipinski definition) is 5. The molecule has 0 spiro atoms. The van der Waals surface area contributed by atoms with Gasteiger partial charge in [-0.15, -0.1) is 0 Å². The molecular formula is C19H17F4N3O5. The van der Waals surface area contributed by atoms with Crippen molar-refractivity contribution in [3.8, 4) is 11.6 Å². The van der Waals surface area contributed by atoms with Gasteiger partial charge in [-0.3, -0.25) is 4.79 Å². The van der Waals surface area contributed by atoms with Crippen molar-refractivity contribution < 1.29 is 42.1 Å². The number of rotatable bonds is 5. The smallest absolute Gasteiger partial charge is 0.433 e.